The Balaban J connectivity index is 1.19. The van der Waals surface area contributed by atoms with Gasteiger partial charge in [0, 0.05) is 43.3 Å². The van der Waals surface area contributed by atoms with Gasteiger partial charge >= 0.3 is 0 Å². The average molecular weight is 487 g/mol. The van der Waals surface area contributed by atoms with Crippen molar-refractivity contribution < 1.29 is 19.0 Å². The van der Waals surface area contributed by atoms with Crippen molar-refractivity contribution in [3.8, 4) is 17.3 Å². The van der Waals surface area contributed by atoms with Crippen LogP contribution in [0.5, 0.6) is 11.6 Å². The van der Waals surface area contributed by atoms with Crippen LogP contribution in [0.25, 0.3) is 16.7 Å². The molecule has 1 N–H and O–H groups in total. The van der Waals surface area contributed by atoms with E-state index in [4.69, 9.17) is 14.2 Å². The molecule has 2 aromatic carbocycles. The van der Waals surface area contributed by atoms with E-state index in [1.165, 1.54) is 0 Å². The van der Waals surface area contributed by atoms with Crippen molar-refractivity contribution in [2.45, 2.75) is 25.9 Å². The SMILES string of the molecule is CC(COc1ccc(-n2cnc3cc(C(=O)NCC4CCOCC4)ccc32)cc1)Oc1ccccn1. The molecular formula is C28H30N4O4. The number of fused-ring (bicyclic) bond motifs is 1. The van der Waals surface area contributed by atoms with Gasteiger partial charge in [-0.25, -0.2) is 9.97 Å². The van der Waals surface area contributed by atoms with E-state index in [9.17, 15) is 4.79 Å². The number of aromatic nitrogens is 3. The average Bonchev–Trinajstić information content (AvgIpc) is 3.35. The zero-order valence-electron chi connectivity index (χ0n) is 20.3. The molecule has 0 bridgehead atoms. The Morgan fingerprint density at radius 2 is 1.94 bits per heavy atom. The molecule has 0 aliphatic carbocycles. The van der Waals surface area contributed by atoms with E-state index in [0.717, 1.165) is 48.5 Å². The van der Waals surface area contributed by atoms with Gasteiger partial charge < -0.3 is 19.5 Å². The lowest BCUT2D eigenvalue weighted by molar-refractivity contribution is 0.0642. The van der Waals surface area contributed by atoms with Gasteiger partial charge in [0.05, 0.1) is 11.0 Å². The van der Waals surface area contributed by atoms with Crippen LogP contribution in [-0.2, 0) is 4.74 Å². The van der Waals surface area contributed by atoms with Gasteiger partial charge in [0.15, 0.2) is 0 Å². The monoisotopic (exact) mass is 486 g/mol. The standard InChI is InChI=1S/C28H30N4O4/c1-20(36-27-4-2-3-13-29-27)18-35-24-8-6-23(7-9-24)32-19-31-25-16-22(5-10-26(25)32)28(33)30-17-21-11-14-34-15-12-21/h2-10,13,16,19-21H,11-12,14-15,17-18H2,1H3,(H,30,33). The fraction of sp³-hybridized carbons (Fsp3) is 0.321. The highest BCUT2D eigenvalue weighted by atomic mass is 16.5. The second-order valence-electron chi connectivity index (χ2n) is 8.99. The fourth-order valence-corrected chi connectivity index (χ4v) is 4.22. The summed E-state index contributed by atoms with van der Waals surface area (Å²) in [6, 6.07) is 19.0. The minimum absolute atomic E-state index is 0.0688. The molecule has 1 saturated heterocycles. The molecule has 5 rings (SSSR count). The Hall–Kier alpha value is -3.91. The number of benzene rings is 2. The maximum atomic E-state index is 12.7. The van der Waals surface area contributed by atoms with E-state index < -0.39 is 0 Å². The van der Waals surface area contributed by atoms with Crippen LogP contribution in [0.4, 0.5) is 0 Å². The smallest absolute Gasteiger partial charge is 0.251 e. The van der Waals surface area contributed by atoms with Crippen LogP contribution in [0.2, 0.25) is 0 Å². The first-order valence-corrected chi connectivity index (χ1v) is 12.3. The molecule has 1 atom stereocenters. The lowest BCUT2D eigenvalue weighted by atomic mass is 10.0. The number of rotatable bonds is 9. The number of carbonyl (C=O) groups is 1. The first-order chi connectivity index (χ1) is 17.7. The van der Waals surface area contributed by atoms with Gasteiger partial charge in [0.25, 0.3) is 5.91 Å². The van der Waals surface area contributed by atoms with E-state index >= 15 is 0 Å². The molecule has 8 heteroatoms. The third-order valence-corrected chi connectivity index (χ3v) is 6.26. The third kappa shape index (κ3) is 5.83. The summed E-state index contributed by atoms with van der Waals surface area (Å²) in [4.78, 5) is 21.3. The summed E-state index contributed by atoms with van der Waals surface area (Å²) in [5.74, 6) is 1.74. The number of hydrogen-bond acceptors (Lipinski definition) is 6. The summed E-state index contributed by atoms with van der Waals surface area (Å²) in [6.07, 6.45) is 5.32. The molecule has 186 valence electrons. The van der Waals surface area contributed by atoms with Crippen molar-refractivity contribution in [1.82, 2.24) is 19.9 Å². The van der Waals surface area contributed by atoms with Crippen molar-refractivity contribution in [3.63, 3.8) is 0 Å². The van der Waals surface area contributed by atoms with Crippen molar-refractivity contribution in [2.75, 3.05) is 26.4 Å². The molecule has 8 nitrogen and oxygen atoms in total. The largest absolute Gasteiger partial charge is 0.490 e. The highest BCUT2D eigenvalue weighted by Crippen LogP contribution is 2.22. The molecule has 4 aromatic rings. The van der Waals surface area contributed by atoms with E-state index in [1.807, 2.05) is 72.2 Å². The van der Waals surface area contributed by atoms with Crippen LogP contribution >= 0.6 is 0 Å². The van der Waals surface area contributed by atoms with Crippen LogP contribution in [-0.4, -0.2) is 52.9 Å². The molecule has 36 heavy (non-hydrogen) atoms. The Morgan fingerprint density at radius 1 is 1.11 bits per heavy atom. The quantitative estimate of drug-likeness (QED) is 0.377. The zero-order chi connectivity index (χ0) is 24.7. The van der Waals surface area contributed by atoms with Crippen LogP contribution in [0.1, 0.15) is 30.1 Å². The molecule has 2 aromatic heterocycles. The van der Waals surface area contributed by atoms with Gasteiger partial charge in [-0.1, -0.05) is 6.07 Å². The van der Waals surface area contributed by atoms with Crippen LogP contribution in [0, 0.1) is 5.92 Å². The first kappa shape index (κ1) is 23.8. The van der Waals surface area contributed by atoms with Crippen LogP contribution < -0.4 is 14.8 Å². The molecule has 1 aliphatic heterocycles. The number of ether oxygens (including phenoxy) is 3. The lowest BCUT2D eigenvalue weighted by Gasteiger charge is -2.22. The summed E-state index contributed by atoms with van der Waals surface area (Å²) in [5, 5.41) is 3.06. The molecule has 1 aliphatic rings. The summed E-state index contributed by atoms with van der Waals surface area (Å²) in [7, 11) is 0. The van der Waals surface area contributed by atoms with Gasteiger partial charge in [-0.15, -0.1) is 0 Å². The minimum Gasteiger partial charge on any atom is -0.490 e. The number of carbonyl (C=O) groups excluding carboxylic acids is 1. The minimum atomic E-state index is -0.139. The molecule has 0 radical (unpaired) electrons. The number of amides is 1. The predicted octanol–water partition coefficient (Wildman–Crippen LogP) is 4.42. The van der Waals surface area contributed by atoms with E-state index in [-0.39, 0.29) is 12.0 Å². The van der Waals surface area contributed by atoms with Crippen LogP contribution in [0.3, 0.4) is 0 Å². The first-order valence-electron chi connectivity index (χ1n) is 12.3. The molecule has 1 unspecified atom stereocenters. The highest BCUT2D eigenvalue weighted by Gasteiger charge is 2.16. The van der Waals surface area contributed by atoms with E-state index in [2.05, 4.69) is 15.3 Å². The Morgan fingerprint density at radius 3 is 2.72 bits per heavy atom. The lowest BCUT2D eigenvalue weighted by Crippen LogP contribution is -2.32. The van der Waals surface area contributed by atoms with Gasteiger partial charge in [-0.2, -0.15) is 0 Å². The van der Waals surface area contributed by atoms with Crippen molar-refractivity contribution >= 4 is 16.9 Å². The van der Waals surface area contributed by atoms with E-state index in [1.54, 1.807) is 12.5 Å². The number of hydrogen-bond donors (Lipinski definition) is 1. The number of nitrogens with zero attached hydrogens (tertiary/aromatic N) is 3. The number of imidazole rings is 1. The van der Waals surface area contributed by atoms with Crippen molar-refractivity contribution in [2.24, 2.45) is 5.92 Å². The van der Waals surface area contributed by atoms with Gasteiger partial charge in [0.2, 0.25) is 5.88 Å². The van der Waals surface area contributed by atoms with Crippen LogP contribution in [0.15, 0.2) is 73.2 Å². The van der Waals surface area contributed by atoms with Gasteiger partial charge in [-0.05, 0) is 74.2 Å². The van der Waals surface area contributed by atoms with Crippen molar-refractivity contribution in [3.05, 3.63) is 78.8 Å². The van der Waals surface area contributed by atoms with E-state index in [0.29, 0.717) is 30.5 Å². The summed E-state index contributed by atoms with van der Waals surface area (Å²) >= 11 is 0. The maximum Gasteiger partial charge on any atom is 0.251 e. The molecular weight excluding hydrogens is 456 g/mol. The summed E-state index contributed by atoms with van der Waals surface area (Å²) in [6.45, 7) is 4.58. The second-order valence-corrected chi connectivity index (χ2v) is 8.99. The topological polar surface area (TPSA) is 87.5 Å². The van der Waals surface area contributed by atoms with Crippen molar-refractivity contribution in [1.29, 1.82) is 0 Å². The Labute approximate surface area is 210 Å². The number of pyridine rings is 1. The summed E-state index contributed by atoms with van der Waals surface area (Å²) < 4.78 is 19.0. The summed E-state index contributed by atoms with van der Waals surface area (Å²) in [5.41, 5.74) is 3.28. The zero-order valence-corrected chi connectivity index (χ0v) is 20.3. The fourth-order valence-electron chi connectivity index (χ4n) is 4.22. The molecule has 1 amide bonds. The van der Waals surface area contributed by atoms with Gasteiger partial charge in [-0.3, -0.25) is 9.36 Å². The maximum absolute atomic E-state index is 12.7. The Kier molecular flexibility index (Phi) is 7.42. The number of nitrogens with one attached hydrogen (secondary N) is 1. The Bertz CT molecular complexity index is 1280. The molecule has 0 spiro atoms. The van der Waals surface area contributed by atoms with Gasteiger partial charge in [0.1, 0.15) is 24.8 Å². The molecule has 1 fully saturated rings. The highest BCUT2D eigenvalue weighted by molar-refractivity contribution is 5.97. The normalized spacial score (nSPS) is 14.9. The molecule has 0 saturated carbocycles. The second kappa shape index (κ2) is 11.2. The predicted molar refractivity (Wildman–Crippen MR) is 137 cm³/mol. The third-order valence-electron chi connectivity index (χ3n) is 6.26. The molecule has 3 heterocycles.